The zero-order chi connectivity index (χ0) is 16.9. The van der Waals surface area contributed by atoms with Crippen molar-refractivity contribution in [2.45, 2.75) is 44.9 Å². The van der Waals surface area contributed by atoms with Crippen molar-refractivity contribution in [2.24, 2.45) is 10.9 Å². The first kappa shape index (κ1) is 21.0. The fourth-order valence-corrected chi connectivity index (χ4v) is 3.17. The molecule has 0 spiro atoms. The van der Waals surface area contributed by atoms with Gasteiger partial charge in [0.1, 0.15) is 5.01 Å². The summed E-state index contributed by atoms with van der Waals surface area (Å²) in [7, 11) is 0. The van der Waals surface area contributed by atoms with Crippen LogP contribution in [0.15, 0.2) is 10.4 Å². The summed E-state index contributed by atoms with van der Waals surface area (Å²) < 4.78 is 37.6. The molecule has 0 saturated heterocycles. The van der Waals surface area contributed by atoms with E-state index in [-0.39, 0.29) is 42.5 Å². The molecule has 0 bridgehead atoms. The molecule has 1 saturated carbocycles. The van der Waals surface area contributed by atoms with Crippen LogP contribution in [0.5, 0.6) is 0 Å². The Morgan fingerprint density at radius 3 is 2.83 bits per heavy atom. The summed E-state index contributed by atoms with van der Waals surface area (Å²) in [6.45, 7) is 2.60. The maximum atomic E-state index is 12.5. The van der Waals surface area contributed by atoms with Crippen LogP contribution in [0.4, 0.5) is 13.2 Å². The Balaban J connectivity index is 0.00000288. The van der Waals surface area contributed by atoms with Crippen LogP contribution in [0.1, 0.15) is 36.9 Å². The van der Waals surface area contributed by atoms with Crippen molar-refractivity contribution in [3.05, 3.63) is 16.1 Å². The zero-order valence-electron chi connectivity index (χ0n) is 13.1. The van der Waals surface area contributed by atoms with E-state index in [0.717, 1.165) is 36.0 Å². The lowest BCUT2D eigenvalue weighted by atomic mass is 10.1. The molecular formula is C14H19F3IN5S. The Kier molecular flexibility index (Phi) is 8.21. The summed E-state index contributed by atoms with van der Waals surface area (Å²) >= 11 is 0.938. The van der Waals surface area contributed by atoms with Crippen LogP contribution in [0.2, 0.25) is 0 Å². The molecule has 2 atom stereocenters. The molecule has 2 unspecified atom stereocenters. The Hall–Kier alpha value is -1.09. The van der Waals surface area contributed by atoms with Crippen molar-refractivity contribution >= 4 is 41.3 Å². The summed E-state index contributed by atoms with van der Waals surface area (Å²) in [6.07, 6.45) is -1.70. The van der Waals surface area contributed by atoms with Gasteiger partial charge in [-0.25, -0.2) is 9.98 Å². The van der Waals surface area contributed by atoms with Gasteiger partial charge in [0.25, 0.3) is 0 Å². The molecule has 1 fully saturated rings. The summed E-state index contributed by atoms with van der Waals surface area (Å²) in [4.78, 5) is 7.83. The van der Waals surface area contributed by atoms with Crippen molar-refractivity contribution in [3.63, 3.8) is 0 Å². The van der Waals surface area contributed by atoms with Crippen LogP contribution >= 0.6 is 35.3 Å². The number of nitrogens with zero attached hydrogens (tertiary/aromatic N) is 3. The molecule has 1 aliphatic carbocycles. The van der Waals surface area contributed by atoms with Gasteiger partial charge >= 0.3 is 6.18 Å². The van der Waals surface area contributed by atoms with E-state index >= 15 is 0 Å². The van der Waals surface area contributed by atoms with Crippen LogP contribution in [0, 0.1) is 17.2 Å². The first-order valence-corrected chi connectivity index (χ1v) is 8.28. The number of hydrogen-bond acceptors (Lipinski definition) is 4. The molecule has 2 N–H and O–H groups in total. The molecule has 1 aromatic rings. The van der Waals surface area contributed by atoms with Gasteiger partial charge in [-0.3, -0.25) is 0 Å². The Morgan fingerprint density at radius 1 is 1.50 bits per heavy atom. The number of halogens is 4. The number of aliphatic imine (C=N–C) groups is 1. The van der Waals surface area contributed by atoms with Crippen LogP contribution < -0.4 is 10.6 Å². The predicted molar refractivity (Wildman–Crippen MR) is 97.2 cm³/mol. The van der Waals surface area contributed by atoms with E-state index < -0.39 is 11.9 Å². The molecule has 1 heterocycles. The molecule has 0 aliphatic heterocycles. The van der Waals surface area contributed by atoms with Crippen molar-refractivity contribution in [3.8, 4) is 6.07 Å². The number of rotatable bonds is 4. The number of guanidine groups is 1. The third-order valence-corrected chi connectivity index (χ3v) is 4.40. The van der Waals surface area contributed by atoms with E-state index in [1.54, 1.807) is 0 Å². The fourth-order valence-electron chi connectivity index (χ4n) is 2.44. The molecule has 0 radical (unpaired) electrons. The normalized spacial score (nSPS) is 21.0. The van der Waals surface area contributed by atoms with Gasteiger partial charge in [0, 0.05) is 18.0 Å². The van der Waals surface area contributed by atoms with E-state index in [1.165, 1.54) is 0 Å². The highest BCUT2D eigenvalue weighted by molar-refractivity contribution is 14.0. The second-order valence-corrected chi connectivity index (χ2v) is 6.18. The minimum Gasteiger partial charge on any atom is -0.357 e. The Bertz CT molecular complexity index is 596. The lowest BCUT2D eigenvalue weighted by Gasteiger charge is -2.19. The van der Waals surface area contributed by atoms with Crippen LogP contribution in [-0.2, 0) is 12.7 Å². The van der Waals surface area contributed by atoms with Gasteiger partial charge in [-0.1, -0.05) is 0 Å². The molecule has 5 nitrogen and oxygen atoms in total. The average Bonchev–Trinajstić information content (AvgIpc) is 3.13. The van der Waals surface area contributed by atoms with Crippen LogP contribution in [0.25, 0.3) is 0 Å². The van der Waals surface area contributed by atoms with E-state index in [2.05, 4.69) is 26.7 Å². The third kappa shape index (κ3) is 5.77. The largest absolute Gasteiger partial charge is 0.434 e. The van der Waals surface area contributed by atoms with Gasteiger partial charge in [-0.2, -0.15) is 18.4 Å². The summed E-state index contributed by atoms with van der Waals surface area (Å²) in [6, 6.07) is 2.30. The maximum absolute atomic E-state index is 12.5. The molecular weight excluding hydrogens is 454 g/mol. The average molecular weight is 473 g/mol. The van der Waals surface area contributed by atoms with Crippen LogP contribution in [-0.4, -0.2) is 23.5 Å². The number of hydrogen-bond donors (Lipinski definition) is 2. The summed E-state index contributed by atoms with van der Waals surface area (Å²) in [5, 5.41) is 16.6. The summed E-state index contributed by atoms with van der Waals surface area (Å²) in [5.74, 6) is 0.443. The van der Waals surface area contributed by atoms with Gasteiger partial charge in [-0.15, -0.1) is 35.3 Å². The SMILES string of the molecule is CCNC(=NCc1nc(C(F)(F)F)cs1)NC1CCCC1C#N.I. The lowest BCUT2D eigenvalue weighted by Crippen LogP contribution is -2.44. The van der Waals surface area contributed by atoms with Gasteiger partial charge in [0.05, 0.1) is 18.5 Å². The van der Waals surface area contributed by atoms with E-state index in [1.807, 2.05) is 6.92 Å². The maximum Gasteiger partial charge on any atom is 0.434 e. The molecule has 0 aromatic carbocycles. The number of aromatic nitrogens is 1. The highest BCUT2D eigenvalue weighted by atomic mass is 127. The highest BCUT2D eigenvalue weighted by Gasteiger charge is 2.33. The molecule has 1 aromatic heterocycles. The van der Waals surface area contributed by atoms with Gasteiger partial charge in [0.2, 0.25) is 0 Å². The van der Waals surface area contributed by atoms with Crippen molar-refractivity contribution in [1.82, 2.24) is 15.6 Å². The summed E-state index contributed by atoms with van der Waals surface area (Å²) in [5.41, 5.74) is -0.883. The Labute approximate surface area is 159 Å². The topological polar surface area (TPSA) is 73.1 Å². The van der Waals surface area contributed by atoms with Crippen molar-refractivity contribution in [1.29, 1.82) is 5.26 Å². The first-order valence-electron chi connectivity index (χ1n) is 7.40. The van der Waals surface area contributed by atoms with Gasteiger partial charge < -0.3 is 10.6 Å². The van der Waals surface area contributed by atoms with E-state index in [4.69, 9.17) is 5.26 Å². The second-order valence-electron chi connectivity index (χ2n) is 5.24. The minimum absolute atomic E-state index is 0. The van der Waals surface area contributed by atoms with E-state index in [9.17, 15) is 13.2 Å². The number of nitrogens with one attached hydrogen (secondary N) is 2. The zero-order valence-corrected chi connectivity index (χ0v) is 16.2. The standard InChI is InChI=1S/C14H18F3N5S.HI/c1-2-19-13(21-10-5-3-4-9(10)6-18)20-7-12-22-11(8-23-12)14(15,16)17;/h8-10H,2-5,7H2,1H3,(H2,19,20,21);1H. The molecule has 10 heteroatoms. The molecule has 2 rings (SSSR count). The first-order chi connectivity index (χ1) is 10.9. The van der Waals surface area contributed by atoms with Crippen molar-refractivity contribution in [2.75, 3.05) is 6.54 Å². The van der Waals surface area contributed by atoms with E-state index in [0.29, 0.717) is 17.5 Å². The highest BCUT2D eigenvalue weighted by Crippen LogP contribution is 2.30. The predicted octanol–water partition coefficient (Wildman–Crippen LogP) is 3.53. The quantitative estimate of drug-likeness (QED) is 0.399. The molecule has 0 amide bonds. The number of alkyl halides is 3. The fraction of sp³-hybridized carbons (Fsp3) is 0.643. The molecule has 1 aliphatic rings. The number of nitriles is 1. The smallest absolute Gasteiger partial charge is 0.357 e. The van der Waals surface area contributed by atoms with Crippen LogP contribution in [0.3, 0.4) is 0 Å². The van der Waals surface area contributed by atoms with Gasteiger partial charge in [0.15, 0.2) is 11.7 Å². The second kappa shape index (κ2) is 9.41. The molecule has 24 heavy (non-hydrogen) atoms. The third-order valence-electron chi connectivity index (χ3n) is 3.56. The lowest BCUT2D eigenvalue weighted by molar-refractivity contribution is -0.140. The molecule has 134 valence electrons. The minimum atomic E-state index is -4.43. The monoisotopic (exact) mass is 473 g/mol. The van der Waals surface area contributed by atoms with Gasteiger partial charge in [-0.05, 0) is 26.2 Å². The Morgan fingerprint density at radius 2 is 2.25 bits per heavy atom. The number of thiazole rings is 1. The van der Waals surface area contributed by atoms with Crippen molar-refractivity contribution < 1.29 is 13.2 Å².